The van der Waals surface area contributed by atoms with Gasteiger partial charge in [-0.25, -0.2) is 0 Å². The number of ether oxygens (including phenoxy) is 2. The highest BCUT2D eigenvalue weighted by atomic mass is 16.6. The molecule has 16 atom stereocenters. The van der Waals surface area contributed by atoms with Gasteiger partial charge in [0.1, 0.15) is 22.8 Å². The summed E-state index contributed by atoms with van der Waals surface area (Å²) in [6, 6.07) is 0. The van der Waals surface area contributed by atoms with Gasteiger partial charge in [-0.15, -0.1) is 0 Å². The first-order chi connectivity index (χ1) is 31.3. The van der Waals surface area contributed by atoms with Gasteiger partial charge in [0, 0.05) is 24.7 Å². The van der Waals surface area contributed by atoms with E-state index in [-0.39, 0.29) is 34.0 Å². The monoisotopic (exact) mass is 909 g/mol. The molecule has 66 heavy (non-hydrogen) atoms. The zero-order valence-corrected chi connectivity index (χ0v) is 43.1. The zero-order valence-electron chi connectivity index (χ0n) is 43.1. The number of allylic oxidation sites excluding steroid dienone is 4. The van der Waals surface area contributed by atoms with Crippen LogP contribution in [0.1, 0.15) is 222 Å². The average molecular weight is 909 g/mol. The quantitative estimate of drug-likeness (QED) is 0.160. The van der Waals surface area contributed by atoms with Crippen molar-refractivity contribution in [2.45, 2.75) is 234 Å². The highest BCUT2D eigenvalue weighted by Crippen LogP contribution is 2.70. The van der Waals surface area contributed by atoms with Gasteiger partial charge < -0.3 is 9.47 Å². The second-order valence-corrected chi connectivity index (χ2v) is 26.8. The lowest BCUT2D eigenvalue weighted by atomic mass is 9.44. The Morgan fingerprint density at radius 3 is 1.17 bits per heavy atom. The molecule has 8 saturated carbocycles. The summed E-state index contributed by atoms with van der Waals surface area (Å²) in [4.78, 5) is 50.2. The fourth-order valence-corrected chi connectivity index (χ4v) is 19.5. The van der Waals surface area contributed by atoms with E-state index >= 15 is 0 Å². The first kappa shape index (κ1) is 48.8. The SMILES string of the molecule is CC(=O)[C@H]1CC[C@H]2[C@@H]3CC[C@H]4C[C@](C)(OC(=O)CCC5CC=CC5)CC[C@]4(C)[C@H]3CC[C@]12C.CC(=O)[C@H]1CC[C@H]2[C@@H]3CC[C@H]4C[C@](C)(OC(=O)CCC5CC=CC5)CC[C@]4(C)[C@H]3CC[C@]12C. The lowest BCUT2D eigenvalue weighted by Crippen LogP contribution is -2.56. The lowest BCUT2D eigenvalue weighted by Gasteiger charge is -2.62. The summed E-state index contributed by atoms with van der Waals surface area (Å²) in [6.45, 7) is 18.1. The normalized spacial score (nSPS) is 47.0. The molecule has 0 heterocycles. The van der Waals surface area contributed by atoms with Crippen LogP contribution in [0.4, 0.5) is 0 Å². The molecule has 0 saturated heterocycles. The Labute approximate surface area is 401 Å². The van der Waals surface area contributed by atoms with Crippen LogP contribution in [0, 0.1) is 92.7 Å². The van der Waals surface area contributed by atoms with Gasteiger partial charge in [0.2, 0.25) is 0 Å². The highest BCUT2D eigenvalue weighted by Gasteiger charge is 2.64. The third-order valence-corrected chi connectivity index (χ3v) is 23.3. The molecule has 10 aliphatic carbocycles. The van der Waals surface area contributed by atoms with Crippen molar-refractivity contribution in [1.82, 2.24) is 0 Å². The van der Waals surface area contributed by atoms with Crippen LogP contribution >= 0.6 is 0 Å². The van der Waals surface area contributed by atoms with E-state index in [9.17, 15) is 19.2 Å². The van der Waals surface area contributed by atoms with Gasteiger partial charge in [0.15, 0.2) is 0 Å². The number of Topliss-reactive ketones (excluding diaryl/α,β-unsaturated/α-hetero) is 2. The van der Waals surface area contributed by atoms with Crippen LogP contribution in [-0.2, 0) is 28.7 Å². The minimum Gasteiger partial charge on any atom is -0.459 e. The molecule has 0 aliphatic heterocycles. The Morgan fingerprint density at radius 1 is 0.439 bits per heavy atom. The van der Waals surface area contributed by atoms with E-state index in [1.807, 2.05) is 13.8 Å². The number of fused-ring (bicyclic) bond motifs is 10. The molecule has 0 aromatic heterocycles. The Morgan fingerprint density at radius 2 is 0.803 bits per heavy atom. The topological polar surface area (TPSA) is 86.7 Å². The molecule has 0 unspecified atom stereocenters. The van der Waals surface area contributed by atoms with Crippen molar-refractivity contribution in [1.29, 1.82) is 0 Å². The van der Waals surface area contributed by atoms with Crippen molar-refractivity contribution in [2.75, 3.05) is 0 Å². The van der Waals surface area contributed by atoms with Crippen molar-refractivity contribution < 1.29 is 28.7 Å². The van der Waals surface area contributed by atoms with Gasteiger partial charge in [0.05, 0.1) is 0 Å². The molecule has 0 radical (unpaired) electrons. The van der Waals surface area contributed by atoms with E-state index in [0.29, 0.717) is 70.7 Å². The smallest absolute Gasteiger partial charge is 0.306 e. The third kappa shape index (κ3) is 8.93. The van der Waals surface area contributed by atoms with Crippen molar-refractivity contribution in [2.24, 2.45) is 92.7 Å². The van der Waals surface area contributed by atoms with Gasteiger partial charge in [-0.1, -0.05) is 52.0 Å². The molecule has 0 aromatic carbocycles. The van der Waals surface area contributed by atoms with E-state index in [2.05, 4.69) is 65.8 Å². The average Bonchev–Trinajstić information content (AvgIpc) is 4.10. The van der Waals surface area contributed by atoms with E-state index in [4.69, 9.17) is 9.47 Å². The molecular weight excluding hydrogens is 817 g/mol. The fourth-order valence-electron chi connectivity index (χ4n) is 19.5. The summed E-state index contributed by atoms with van der Waals surface area (Å²) in [5, 5.41) is 0. The Balaban J connectivity index is 0.000000166. The molecule has 0 spiro atoms. The molecule has 6 heteroatoms. The molecule has 8 fully saturated rings. The molecule has 10 rings (SSSR count). The van der Waals surface area contributed by atoms with Crippen LogP contribution in [0.5, 0.6) is 0 Å². The van der Waals surface area contributed by atoms with Crippen LogP contribution in [0.2, 0.25) is 0 Å². The van der Waals surface area contributed by atoms with Crippen molar-refractivity contribution in [3.05, 3.63) is 24.3 Å². The number of carbonyl (C=O) groups is 4. The number of rotatable bonds is 10. The summed E-state index contributed by atoms with van der Waals surface area (Å²) >= 11 is 0. The maximum absolute atomic E-state index is 12.7. The van der Waals surface area contributed by atoms with E-state index in [1.165, 1.54) is 77.0 Å². The second-order valence-electron chi connectivity index (χ2n) is 26.8. The van der Waals surface area contributed by atoms with Gasteiger partial charge in [-0.3, -0.25) is 19.2 Å². The fraction of sp³-hybridized carbons (Fsp3) is 0.867. The predicted octanol–water partition coefficient (Wildman–Crippen LogP) is 14.6. The van der Waals surface area contributed by atoms with Crippen LogP contribution in [0.3, 0.4) is 0 Å². The Hall–Kier alpha value is -2.24. The summed E-state index contributed by atoms with van der Waals surface area (Å²) in [6.07, 6.45) is 38.0. The third-order valence-electron chi connectivity index (χ3n) is 23.3. The maximum Gasteiger partial charge on any atom is 0.306 e. The standard InChI is InChI=1S/2C30H46O3/c2*1-20(31)24-12-13-25-23-11-10-22-19-28(2,33-27(32)14-9-21-7-5-6-8-21)17-18-29(22,3)26(23)15-16-30(24,25)4/h2*5-6,21-26H,7-19H2,1-4H3/t2*22-,23-,24+,25-,26-,28+,29-,30+/m00/s1. The summed E-state index contributed by atoms with van der Waals surface area (Å²) < 4.78 is 12.4. The first-order valence-electron chi connectivity index (χ1n) is 28.0. The van der Waals surface area contributed by atoms with Crippen LogP contribution < -0.4 is 0 Å². The minimum atomic E-state index is -0.279. The van der Waals surface area contributed by atoms with E-state index in [0.717, 1.165) is 113 Å². The largest absolute Gasteiger partial charge is 0.459 e. The van der Waals surface area contributed by atoms with Crippen LogP contribution in [-0.4, -0.2) is 34.7 Å². The Bertz CT molecular complexity index is 1750. The van der Waals surface area contributed by atoms with E-state index in [1.54, 1.807) is 0 Å². The minimum absolute atomic E-state index is 0.0244. The lowest BCUT2D eigenvalue weighted by molar-refractivity contribution is -0.181. The molecule has 0 aromatic rings. The first-order valence-corrected chi connectivity index (χ1v) is 28.0. The van der Waals surface area contributed by atoms with Crippen molar-refractivity contribution >= 4 is 23.5 Å². The molecule has 0 bridgehead atoms. The number of hydrogen-bond donors (Lipinski definition) is 0. The summed E-state index contributed by atoms with van der Waals surface area (Å²) in [7, 11) is 0. The Kier molecular flexibility index (Phi) is 13.7. The molecule has 0 N–H and O–H groups in total. The van der Waals surface area contributed by atoms with Crippen molar-refractivity contribution in [3.63, 3.8) is 0 Å². The number of carbonyl (C=O) groups excluding carboxylic acids is 4. The van der Waals surface area contributed by atoms with Crippen LogP contribution in [0.25, 0.3) is 0 Å². The van der Waals surface area contributed by atoms with Gasteiger partial charge >= 0.3 is 11.9 Å². The molecular formula is C60H92O6. The van der Waals surface area contributed by atoms with E-state index < -0.39 is 0 Å². The number of esters is 2. The molecule has 10 aliphatic rings. The predicted molar refractivity (Wildman–Crippen MR) is 263 cm³/mol. The van der Waals surface area contributed by atoms with Gasteiger partial charge in [0.25, 0.3) is 0 Å². The van der Waals surface area contributed by atoms with Crippen molar-refractivity contribution in [3.8, 4) is 0 Å². The zero-order chi connectivity index (χ0) is 46.9. The molecule has 368 valence electrons. The molecule has 6 nitrogen and oxygen atoms in total. The second kappa shape index (κ2) is 18.5. The number of ketones is 2. The molecule has 0 amide bonds. The van der Waals surface area contributed by atoms with Gasteiger partial charge in [-0.05, 0) is 263 Å². The van der Waals surface area contributed by atoms with Gasteiger partial charge in [-0.2, -0.15) is 0 Å². The summed E-state index contributed by atoms with van der Waals surface area (Å²) in [5.41, 5.74) is 0.671. The maximum atomic E-state index is 12.7. The summed E-state index contributed by atoms with van der Waals surface area (Å²) in [5.74, 6) is 8.74. The number of hydrogen-bond acceptors (Lipinski definition) is 6. The van der Waals surface area contributed by atoms with Crippen LogP contribution in [0.15, 0.2) is 24.3 Å². The highest BCUT2D eigenvalue weighted by molar-refractivity contribution is 5.80.